The zero-order chi connectivity index (χ0) is 30.2. The zero-order valence-corrected chi connectivity index (χ0v) is 20.0. The van der Waals surface area contributed by atoms with Gasteiger partial charge in [-0.2, -0.15) is 74.6 Å². The molecule has 0 aromatic carbocycles. The van der Waals surface area contributed by atoms with Crippen LogP contribution in [-0.4, -0.2) is 75.8 Å². The Morgan fingerprint density at radius 1 is 0.432 bits per heavy atom. The third-order valence-electron chi connectivity index (χ3n) is 5.04. The van der Waals surface area contributed by atoms with Crippen LogP contribution >= 0.6 is 0 Å². The highest BCUT2D eigenvalue weighted by Gasteiger charge is 2.95. The third kappa shape index (κ3) is 5.77. The van der Waals surface area contributed by atoms with Crippen LogP contribution in [0.2, 0.25) is 6.04 Å². The van der Waals surface area contributed by atoms with Crippen molar-refractivity contribution in [3.8, 4) is 0 Å². The summed E-state index contributed by atoms with van der Waals surface area (Å²) in [5, 5.41) is 0. The quantitative estimate of drug-likeness (QED) is 0.154. The van der Waals surface area contributed by atoms with Crippen molar-refractivity contribution in [3.63, 3.8) is 0 Å². The molecule has 224 valence electrons. The molecule has 0 saturated heterocycles. The van der Waals surface area contributed by atoms with Crippen LogP contribution < -0.4 is 14.9 Å². The maximum Gasteiger partial charge on any atom is 0.460 e. The zero-order valence-electron chi connectivity index (χ0n) is 19.0. The lowest BCUT2D eigenvalue weighted by molar-refractivity contribution is -0.461. The highest BCUT2D eigenvalue weighted by molar-refractivity contribution is 6.72. The van der Waals surface area contributed by atoms with Crippen molar-refractivity contribution in [3.05, 3.63) is 0 Å². The molecule has 0 bridgehead atoms. The molecular formula is C16H22F17N3Si. The van der Waals surface area contributed by atoms with E-state index in [9.17, 15) is 74.6 Å². The fourth-order valence-electron chi connectivity index (χ4n) is 3.06. The Labute approximate surface area is 199 Å². The van der Waals surface area contributed by atoms with Crippen LogP contribution in [0.3, 0.4) is 0 Å². The van der Waals surface area contributed by atoms with E-state index in [0.717, 1.165) is 0 Å². The van der Waals surface area contributed by atoms with Gasteiger partial charge in [0.2, 0.25) is 0 Å². The van der Waals surface area contributed by atoms with Gasteiger partial charge < -0.3 is 14.9 Å². The van der Waals surface area contributed by atoms with Crippen molar-refractivity contribution in [1.82, 2.24) is 14.9 Å². The van der Waals surface area contributed by atoms with Crippen molar-refractivity contribution in [2.24, 2.45) is 0 Å². The fraction of sp³-hybridized carbons (Fsp3) is 1.00. The van der Waals surface area contributed by atoms with Gasteiger partial charge in [0.05, 0.1) is 0 Å². The van der Waals surface area contributed by atoms with E-state index in [1.165, 1.54) is 20.8 Å². The first-order valence-corrected chi connectivity index (χ1v) is 12.3. The van der Waals surface area contributed by atoms with Gasteiger partial charge in [0.25, 0.3) is 8.56 Å². The SMILES string of the molecule is CCN[Si](CCC(F)(F)C(F)(F)C(F)(F)C(F)(F)C(F)(F)C(F)(F)C(F)(F)C(F)(F)F)(NCC)NCC. The molecule has 3 N–H and O–H groups in total. The second-order valence-electron chi connectivity index (χ2n) is 7.64. The molecule has 0 saturated carbocycles. The summed E-state index contributed by atoms with van der Waals surface area (Å²) < 4.78 is 227. The Hall–Kier alpha value is -1.09. The molecule has 0 aliphatic carbocycles. The first-order valence-electron chi connectivity index (χ1n) is 10.1. The van der Waals surface area contributed by atoms with Crippen LogP contribution in [0, 0.1) is 0 Å². The van der Waals surface area contributed by atoms with Crippen LogP contribution in [0.4, 0.5) is 74.6 Å². The molecule has 0 aliphatic rings. The van der Waals surface area contributed by atoms with E-state index in [1.54, 1.807) is 0 Å². The lowest BCUT2D eigenvalue weighted by atomic mass is 9.88. The first-order chi connectivity index (χ1) is 16.1. The Bertz CT molecular complexity index is 736. The molecule has 0 amide bonds. The number of hydrogen-bond acceptors (Lipinski definition) is 3. The van der Waals surface area contributed by atoms with Crippen molar-refractivity contribution in [2.75, 3.05) is 19.6 Å². The van der Waals surface area contributed by atoms with E-state index in [2.05, 4.69) is 14.9 Å². The molecule has 0 rings (SSSR count). The summed E-state index contributed by atoms with van der Waals surface area (Å²) in [7, 11) is -3.69. The topological polar surface area (TPSA) is 36.1 Å². The molecule has 0 spiro atoms. The lowest BCUT2D eigenvalue weighted by Gasteiger charge is -2.43. The largest absolute Gasteiger partial charge is 0.460 e. The molecule has 3 nitrogen and oxygen atoms in total. The van der Waals surface area contributed by atoms with Gasteiger partial charge in [-0.25, -0.2) is 0 Å². The average molecular weight is 607 g/mol. The molecule has 21 heteroatoms. The predicted octanol–water partition coefficient (Wildman–Crippen LogP) is 6.15. The second-order valence-corrected chi connectivity index (χ2v) is 11.0. The molecule has 0 unspecified atom stereocenters. The van der Waals surface area contributed by atoms with Crippen molar-refractivity contribution in [2.45, 2.75) is 80.9 Å². The molecule has 0 radical (unpaired) electrons. The van der Waals surface area contributed by atoms with Crippen LogP contribution in [0.25, 0.3) is 0 Å². The van der Waals surface area contributed by atoms with Crippen molar-refractivity contribution >= 4 is 8.56 Å². The second kappa shape index (κ2) is 10.8. The standard InChI is InChI=1S/C16H22F17N3Si/c1-4-34-37(35-5-2,36-6-3)8-7-9(17,18)10(19,20)11(21,22)12(23,24)13(25,26)14(27,28)15(29,30)16(31,32)33/h34-36H,4-8H2,1-3H3. The monoisotopic (exact) mass is 607 g/mol. The summed E-state index contributed by atoms with van der Waals surface area (Å²) >= 11 is 0. The number of rotatable bonds is 15. The first kappa shape index (κ1) is 35.9. The summed E-state index contributed by atoms with van der Waals surface area (Å²) in [5.74, 6) is -56.1. The number of nitrogens with one attached hydrogen (secondary N) is 3. The molecule has 0 fully saturated rings. The molecule has 37 heavy (non-hydrogen) atoms. The average Bonchev–Trinajstić information content (AvgIpc) is 2.71. The van der Waals surface area contributed by atoms with Crippen LogP contribution in [0.1, 0.15) is 27.2 Å². The Kier molecular flexibility index (Phi) is 10.5. The van der Waals surface area contributed by atoms with Crippen LogP contribution in [0.15, 0.2) is 0 Å². The minimum atomic E-state index is -8.61. The van der Waals surface area contributed by atoms with Gasteiger partial charge in [0.1, 0.15) is 0 Å². The molecule has 0 heterocycles. The van der Waals surface area contributed by atoms with E-state index in [4.69, 9.17) is 0 Å². The van der Waals surface area contributed by atoms with Crippen LogP contribution in [0.5, 0.6) is 0 Å². The highest BCUT2D eigenvalue weighted by Crippen LogP contribution is 2.64. The van der Waals surface area contributed by atoms with E-state index < -0.39 is 68.7 Å². The predicted molar refractivity (Wildman–Crippen MR) is 96.9 cm³/mol. The minimum Gasteiger partial charge on any atom is -0.314 e. The Morgan fingerprint density at radius 2 is 0.703 bits per heavy atom. The smallest absolute Gasteiger partial charge is 0.314 e. The van der Waals surface area contributed by atoms with E-state index >= 15 is 0 Å². The van der Waals surface area contributed by atoms with Gasteiger partial charge in [-0.05, 0) is 25.7 Å². The van der Waals surface area contributed by atoms with Gasteiger partial charge in [0.15, 0.2) is 0 Å². The van der Waals surface area contributed by atoms with E-state index in [0.29, 0.717) is 0 Å². The number of hydrogen-bond donors (Lipinski definition) is 3. The summed E-state index contributed by atoms with van der Waals surface area (Å²) in [6.07, 6.45) is -10.2. The molecule has 0 aromatic heterocycles. The van der Waals surface area contributed by atoms with Gasteiger partial charge >= 0.3 is 47.6 Å². The van der Waals surface area contributed by atoms with Gasteiger partial charge in [-0.15, -0.1) is 0 Å². The van der Waals surface area contributed by atoms with Gasteiger partial charge in [-0.3, -0.25) is 0 Å². The molecule has 0 aliphatic heterocycles. The van der Waals surface area contributed by atoms with E-state index in [-0.39, 0.29) is 19.6 Å². The molecule has 0 atom stereocenters. The van der Waals surface area contributed by atoms with Crippen LogP contribution in [-0.2, 0) is 0 Å². The van der Waals surface area contributed by atoms with Gasteiger partial charge in [-0.1, -0.05) is 20.8 Å². The van der Waals surface area contributed by atoms with Gasteiger partial charge in [0, 0.05) is 6.42 Å². The lowest BCUT2D eigenvalue weighted by Crippen LogP contribution is -2.75. The Morgan fingerprint density at radius 3 is 0.973 bits per heavy atom. The van der Waals surface area contributed by atoms with Crippen molar-refractivity contribution in [1.29, 1.82) is 0 Å². The maximum atomic E-state index is 14.2. The normalized spacial score (nSPS) is 15.9. The maximum absolute atomic E-state index is 14.2. The summed E-state index contributed by atoms with van der Waals surface area (Å²) in [6, 6.07) is -1.23. The number of halogens is 17. The highest BCUT2D eigenvalue weighted by atomic mass is 28.4. The fourth-order valence-corrected chi connectivity index (χ4v) is 6.46. The van der Waals surface area contributed by atoms with E-state index in [1.807, 2.05) is 0 Å². The minimum absolute atomic E-state index is 0.0445. The molecular weight excluding hydrogens is 585 g/mol. The molecule has 0 aromatic rings. The summed E-state index contributed by atoms with van der Waals surface area (Å²) in [4.78, 5) is 7.68. The summed E-state index contributed by atoms with van der Waals surface area (Å²) in [6.45, 7) is 4.02. The number of alkyl halides is 17. The Balaban J connectivity index is 6.57. The summed E-state index contributed by atoms with van der Waals surface area (Å²) in [5.41, 5.74) is 0. The third-order valence-corrected chi connectivity index (χ3v) is 8.91. The van der Waals surface area contributed by atoms with Crippen molar-refractivity contribution < 1.29 is 74.6 Å².